The van der Waals surface area contributed by atoms with Gasteiger partial charge in [-0.1, -0.05) is 31.4 Å². The molecule has 0 aliphatic heterocycles. The van der Waals surface area contributed by atoms with E-state index >= 15 is 0 Å². The Labute approximate surface area is 101 Å². The summed E-state index contributed by atoms with van der Waals surface area (Å²) in [6, 6.07) is 4.46. The van der Waals surface area contributed by atoms with Gasteiger partial charge in [0.15, 0.2) is 0 Å². The molecule has 0 aromatic heterocycles. The normalized spacial score (nSPS) is 10.6. The molecule has 0 spiro atoms. The first kappa shape index (κ1) is 13.2. The van der Waals surface area contributed by atoms with E-state index in [9.17, 15) is 13.2 Å². The van der Waals surface area contributed by atoms with Crippen LogP contribution in [0, 0.1) is 0 Å². The Morgan fingerprint density at radius 3 is 2.29 bits per heavy atom. The lowest BCUT2D eigenvalue weighted by molar-refractivity contribution is -0.117. The van der Waals surface area contributed by atoms with Crippen molar-refractivity contribution in [3.05, 3.63) is 42.5 Å². The lowest BCUT2D eigenvalue weighted by Crippen LogP contribution is -2.28. The van der Waals surface area contributed by atoms with Crippen LogP contribution in [0.4, 0.5) is 0 Å². The molecular weight excluding hydrogens is 238 g/mol. The summed E-state index contributed by atoms with van der Waals surface area (Å²) >= 11 is 0. The molecule has 90 valence electrons. The minimum absolute atomic E-state index is 0.0215. The molecule has 1 amide bonds. The van der Waals surface area contributed by atoms with Gasteiger partial charge in [0.05, 0.1) is 4.90 Å². The van der Waals surface area contributed by atoms with E-state index in [4.69, 9.17) is 0 Å². The molecule has 0 saturated heterocycles. The molecule has 0 saturated carbocycles. The van der Waals surface area contributed by atoms with E-state index in [1.54, 1.807) is 12.1 Å². The van der Waals surface area contributed by atoms with E-state index in [-0.39, 0.29) is 4.90 Å². The van der Waals surface area contributed by atoms with E-state index in [0.717, 1.165) is 12.5 Å². The van der Waals surface area contributed by atoms with Gasteiger partial charge < -0.3 is 0 Å². The molecule has 0 unspecified atom stereocenters. The van der Waals surface area contributed by atoms with Gasteiger partial charge in [-0.25, -0.2) is 13.1 Å². The molecular formula is C12H13NO3S. The molecule has 0 fully saturated rings. The second kappa shape index (κ2) is 4.97. The zero-order valence-corrected chi connectivity index (χ0v) is 10.3. The fourth-order valence-corrected chi connectivity index (χ4v) is 2.36. The molecule has 0 heterocycles. The number of sulfonamides is 1. The number of amides is 1. The summed E-state index contributed by atoms with van der Waals surface area (Å²) in [5.41, 5.74) is 1.42. The number of carbonyl (C=O) groups is 1. The van der Waals surface area contributed by atoms with E-state index in [2.05, 4.69) is 13.2 Å². The van der Waals surface area contributed by atoms with Crippen LogP contribution < -0.4 is 4.72 Å². The predicted octanol–water partition coefficient (Wildman–Crippen LogP) is 1.80. The summed E-state index contributed by atoms with van der Waals surface area (Å²) in [5, 5.41) is 0. The van der Waals surface area contributed by atoms with Gasteiger partial charge in [-0.05, 0) is 23.3 Å². The predicted molar refractivity (Wildman–Crippen MR) is 67.6 cm³/mol. The molecule has 1 N–H and O–H groups in total. The van der Waals surface area contributed by atoms with Crippen molar-refractivity contribution in [3.8, 4) is 0 Å². The van der Waals surface area contributed by atoms with Gasteiger partial charge in [-0.15, -0.1) is 0 Å². The molecule has 0 aliphatic rings. The van der Waals surface area contributed by atoms with Crippen LogP contribution >= 0.6 is 0 Å². The lowest BCUT2D eigenvalue weighted by Gasteiger charge is -2.07. The maximum absolute atomic E-state index is 11.7. The fraction of sp³-hybridized carbons (Fsp3) is 0.0833. The van der Waals surface area contributed by atoms with Gasteiger partial charge >= 0.3 is 0 Å². The average Bonchev–Trinajstić information content (AvgIpc) is 2.26. The Hall–Kier alpha value is -1.88. The van der Waals surface area contributed by atoms with Crippen LogP contribution in [-0.2, 0) is 14.8 Å². The van der Waals surface area contributed by atoms with Crippen LogP contribution in [0.15, 0.2) is 36.3 Å². The monoisotopic (exact) mass is 251 g/mol. The van der Waals surface area contributed by atoms with Crippen molar-refractivity contribution < 1.29 is 13.2 Å². The Balaban J connectivity index is 3.29. The number of rotatable bonds is 4. The molecule has 1 aromatic carbocycles. The SMILES string of the molecule is C=Cc1ccc(S(=O)(=O)NC(C)=O)cc1C=C. The highest BCUT2D eigenvalue weighted by atomic mass is 32.2. The maximum atomic E-state index is 11.7. The van der Waals surface area contributed by atoms with E-state index in [0.29, 0.717) is 5.56 Å². The summed E-state index contributed by atoms with van der Waals surface area (Å²) < 4.78 is 25.3. The van der Waals surface area contributed by atoms with Crippen molar-refractivity contribution in [3.63, 3.8) is 0 Å². The highest BCUT2D eigenvalue weighted by Gasteiger charge is 2.15. The fourth-order valence-electron chi connectivity index (χ4n) is 1.33. The number of benzene rings is 1. The van der Waals surface area contributed by atoms with Crippen LogP contribution in [0.1, 0.15) is 18.1 Å². The van der Waals surface area contributed by atoms with Crippen molar-refractivity contribution in [1.29, 1.82) is 0 Å². The summed E-state index contributed by atoms with van der Waals surface area (Å²) in [6.45, 7) is 8.35. The maximum Gasteiger partial charge on any atom is 0.264 e. The largest absolute Gasteiger partial charge is 0.274 e. The highest BCUT2D eigenvalue weighted by molar-refractivity contribution is 7.90. The summed E-state index contributed by atoms with van der Waals surface area (Å²) in [6.07, 6.45) is 3.13. The van der Waals surface area contributed by atoms with Gasteiger partial charge in [0.2, 0.25) is 5.91 Å². The second-order valence-electron chi connectivity index (χ2n) is 3.36. The van der Waals surface area contributed by atoms with Crippen LogP contribution in [0.2, 0.25) is 0 Å². The van der Waals surface area contributed by atoms with Crippen molar-refractivity contribution in [1.82, 2.24) is 4.72 Å². The quantitative estimate of drug-likeness (QED) is 0.887. The minimum Gasteiger partial charge on any atom is -0.274 e. The molecule has 0 radical (unpaired) electrons. The number of hydrogen-bond acceptors (Lipinski definition) is 3. The average molecular weight is 251 g/mol. The first-order valence-corrected chi connectivity index (χ1v) is 6.31. The van der Waals surface area contributed by atoms with Crippen molar-refractivity contribution in [2.24, 2.45) is 0 Å². The minimum atomic E-state index is -3.80. The van der Waals surface area contributed by atoms with Gasteiger partial charge in [-0.2, -0.15) is 0 Å². The van der Waals surface area contributed by atoms with E-state index < -0.39 is 15.9 Å². The summed E-state index contributed by atoms with van der Waals surface area (Å²) in [7, 11) is -3.80. The van der Waals surface area contributed by atoms with Gasteiger partial charge in [0.25, 0.3) is 10.0 Å². The molecule has 4 nitrogen and oxygen atoms in total. The van der Waals surface area contributed by atoms with Crippen LogP contribution in [-0.4, -0.2) is 14.3 Å². The topological polar surface area (TPSA) is 63.2 Å². The van der Waals surface area contributed by atoms with Crippen LogP contribution in [0.25, 0.3) is 12.2 Å². The molecule has 1 aromatic rings. The third kappa shape index (κ3) is 3.04. The van der Waals surface area contributed by atoms with Gasteiger partial charge in [-0.3, -0.25) is 4.79 Å². The standard InChI is InChI=1S/C12H13NO3S/c1-4-10-6-7-12(8-11(10)5-2)17(15,16)13-9(3)14/h4-8H,1-2H2,3H3,(H,13,14). The number of hydrogen-bond donors (Lipinski definition) is 1. The first-order chi connectivity index (χ1) is 7.90. The lowest BCUT2D eigenvalue weighted by atomic mass is 10.1. The Morgan fingerprint density at radius 1 is 1.24 bits per heavy atom. The number of carbonyl (C=O) groups excluding carboxylic acids is 1. The molecule has 0 bridgehead atoms. The second-order valence-corrected chi connectivity index (χ2v) is 5.04. The zero-order chi connectivity index (χ0) is 13.1. The summed E-state index contributed by atoms with van der Waals surface area (Å²) in [4.78, 5) is 10.8. The molecule has 17 heavy (non-hydrogen) atoms. The van der Waals surface area contributed by atoms with Crippen molar-refractivity contribution >= 4 is 28.1 Å². The Kier molecular flexibility index (Phi) is 3.85. The zero-order valence-electron chi connectivity index (χ0n) is 9.43. The van der Waals surface area contributed by atoms with Gasteiger partial charge in [0.1, 0.15) is 0 Å². The van der Waals surface area contributed by atoms with Crippen molar-refractivity contribution in [2.75, 3.05) is 0 Å². The molecule has 5 heteroatoms. The third-order valence-corrected chi connectivity index (χ3v) is 3.52. The van der Waals surface area contributed by atoms with E-state index in [1.807, 2.05) is 4.72 Å². The smallest absolute Gasteiger partial charge is 0.264 e. The summed E-state index contributed by atoms with van der Waals surface area (Å²) in [5.74, 6) is -0.627. The van der Waals surface area contributed by atoms with Crippen LogP contribution in [0.3, 0.4) is 0 Å². The highest BCUT2D eigenvalue weighted by Crippen LogP contribution is 2.18. The Bertz CT molecular complexity index is 573. The van der Waals surface area contributed by atoms with Crippen LogP contribution in [0.5, 0.6) is 0 Å². The van der Waals surface area contributed by atoms with Gasteiger partial charge in [0, 0.05) is 6.92 Å². The first-order valence-electron chi connectivity index (χ1n) is 4.83. The molecule has 0 atom stereocenters. The third-order valence-electron chi connectivity index (χ3n) is 2.09. The Morgan fingerprint density at radius 2 is 1.82 bits per heavy atom. The number of nitrogens with one attached hydrogen (secondary N) is 1. The molecule has 1 rings (SSSR count). The molecule has 0 aliphatic carbocycles. The van der Waals surface area contributed by atoms with E-state index in [1.165, 1.54) is 18.2 Å². The van der Waals surface area contributed by atoms with Crippen molar-refractivity contribution in [2.45, 2.75) is 11.8 Å².